The summed E-state index contributed by atoms with van der Waals surface area (Å²) in [5.41, 5.74) is 1.19. The molecule has 6 nitrogen and oxygen atoms in total. The lowest BCUT2D eigenvalue weighted by atomic mass is 10.0. The zero-order chi connectivity index (χ0) is 17.5. The van der Waals surface area contributed by atoms with Crippen molar-refractivity contribution in [3.8, 4) is 5.88 Å². The monoisotopic (exact) mass is 334 g/mol. The first kappa shape index (κ1) is 17.9. The van der Waals surface area contributed by atoms with Gasteiger partial charge in [0, 0.05) is 6.07 Å². The van der Waals surface area contributed by atoms with Crippen LogP contribution in [0.1, 0.15) is 35.4 Å². The lowest BCUT2D eigenvalue weighted by molar-refractivity contribution is 0.0927. The van der Waals surface area contributed by atoms with Crippen LogP contribution in [-0.2, 0) is 0 Å². The summed E-state index contributed by atoms with van der Waals surface area (Å²) in [4.78, 5) is 14.5. The van der Waals surface area contributed by atoms with Crippen LogP contribution < -0.4 is 10.1 Å². The molecular formula is C17H23FN4O2. The number of halogens is 1. The normalized spacial score (nSPS) is 12.2. The van der Waals surface area contributed by atoms with Crippen molar-refractivity contribution in [1.29, 1.82) is 0 Å². The number of rotatable bonds is 8. The maximum Gasteiger partial charge on any atom is 0.269 e. The zero-order valence-corrected chi connectivity index (χ0v) is 14.2. The molecule has 0 saturated carbocycles. The number of aromatic nitrogens is 2. The van der Waals surface area contributed by atoms with E-state index in [1.165, 1.54) is 12.1 Å². The SMILES string of the molecule is CCOc1cc(C(=O)NC(CCN(C)C)c2ccc(F)cc2)[nH]n1. The Morgan fingerprint density at radius 3 is 2.71 bits per heavy atom. The van der Waals surface area contributed by atoms with Gasteiger partial charge in [-0.15, -0.1) is 5.10 Å². The van der Waals surface area contributed by atoms with E-state index in [-0.39, 0.29) is 17.8 Å². The van der Waals surface area contributed by atoms with Gasteiger partial charge in [0.05, 0.1) is 12.6 Å². The van der Waals surface area contributed by atoms with E-state index in [1.54, 1.807) is 18.2 Å². The highest BCUT2D eigenvalue weighted by Crippen LogP contribution is 2.19. The molecule has 0 aliphatic heterocycles. The van der Waals surface area contributed by atoms with E-state index < -0.39 is 0 Å². The van der Waals surface area contributed by atoms with E-state index in [0.717, 1.165) is 12.1 Å². The number of aromatic amines is 1. The molecule has 0 bridgehead atoms. The lowest BCUT2D eigenvalue weighted by Gasteiger charge is -2.21. The van der Waals surface area contributed by atoms with Gasteiger partial charge in [0.2, 0.25) is 5.88 Å². The van der Waals surface area contributed by atoms with Crippen LogP contribution in [0.2, 0.25) is 0 Å². The van der Waals surface area contributed by atoms with E-state index in [9.17, 15) is 9.18 Å². The third-order valence-electron chi connectivity index (χ3n) is 3.53. The standard InChI is InChI=1S/C17H23FN4O2/c1-4-24-16-11-15(20-21-16)17(23)19-14(9-10-22(2)3)12-5-7-13(18)8-6-12/h5-8,11,14H,4,9-10H2,1-3H3,(H,19,23)(H,20,21). The summed E-state index contributed by atoms with van der Waals surface area (Å²) < 4.78 is 18.4. The van der Waals surface area contributed by atoms with Gasteiger partial charge in [-0.1, -0.05) is 12.1 Å². The zero-order valence-electron chi connectivity index (χ0n) is 14.2. The Labute approximate surface area is 141 Å². The summed E-state index contributed by atoms with van der Waals surface area (Å²) in [6, 6.07) is 7.51. The van der Waals surface area contributed by atoms with Crippen LogP contribution in [-0.4, -0.2) is 48.3 Å². The van der Waals surface area contributed by atoms with Gasteiger partial charge in [0.1, 0.15) is 11.5 Å². The van der Waals surface area contributed by atoms with Crippen LogP contribution in [0.3, 0.4) is 0 Å². The molecule has 1 aromatic heterocycles. The average molecular weight is 334 g/mol. The molecule has 1 heterocycles. The fraction of sp³-hybridized carbons (Fsp3) is 0.412. The molecule has 1 amide bonds. The third-order valence-corrected chi connectivity index (χ3v) is 3.53. The fourth-order valence-corrected chi connectivity index (χ4v) is 2.28. The Balaban J connectivity index is 2.10. The van der Waals surface area contributed by atoms with Crippen molar-refractivity contribution in [3.63, 3.8) is 0 Å². The summed E-state index contributed by atoms with van der Waals surface area (Å²) in [6.45, 7) is 3.11. The van der Waals surface area contributed by atoms with Crippen molar-refractivity contribution in [1.82, 2.24) is 20.4 Å². The van der Waals surface area contributed by atoms with E-state index in [0.29, 0.717) is 24.6 Å². The molecule has 1 unspecified atom stereocenters. The number of amides is 1. The van der Waals surface area contributed by atoms with Crippen molar-refractivity contribution in [3.05, 3.63) is 47.4 Å². The number of nitrogens with zero attached hydrogens (tertiary/aromatic N) is 2. The maximum absolute atomic E-state index is 13.1. The molecule has 2 aromatic rings. The van der Waals surface area contributed by atoms with Crippen molar-refractivity contribution < 1.29 is 13.9 Å². The van der Waals surface area contributed by atoms with Gasteiger partial charge in [-0.25, -0.2) is 4.39 Å². The molecule has 0 spiro atoms. The van der Waals surface area contributed by atoms with Crippen molar-refractivity contribution in [2.75, 3.05) is 27.2 Å². The molecule has 2 rings (SSSR count). The van der Waals surface area contributed by atoms with Gasteiger partial charge in [0.25, 0.3) is 5.91 Å². The topological polar surface area (TPSA) is 70.2 Å². The molecule has 0 fully saturated rings. The Morgan fingerprint density at radius 1 is 1.38 bits per heavy atom. The van der Waals surface area contributed by atoms with E-state index in [1.807, 2.05) is 25.9 Å². The average Bonchev–Trinajstić information content (AvgIpc) is 3.01. The summed E-state index contributed by atoms with van der Waals surface area (Å²) >= 11 is 0. The van der Waals surface area contributed by atoms with Gasteiger partial charge in [-0.05, 0) is 51.7 Å². The van der Waals surface area contributed by atoms with E-state index in [4.69, 9.17) is 4.74 Å². The minimum Gasteiger partial charge on any atom is -0.477 e. The molecule has 2 N–H and O–H groups in total. The summed E-state index contributed by atoms with van der Waals surface area (Å²) in [6.07, 6.45) is 0.705. The largest absolute Gasteiger partial charge is 0.477 e. The summed E-state index contributed by atoms with van der Waals surface area (Å²) in [7, 11) is 3.93. The first-order chi connectivity index (χ1) is 11.5. The number of benzene rings is 1. The molecule has 1 aromatic carbocycles. The Hall–Kier alpha value is -2.41. The van der Waals surface area contributed by atoms with Crippen molar-refractivity contribution in [2.24, 2.45) is 0 Å². The summed E-state index contributed by atoms with van der Waals surface area (Å²) in [5, 5.41) is 9.56. The van der Waals surface area contributed by atoms with Crippen LogP contribution in [0.4, 0.5) is 4.39 Å². The van der Waals surface area contributed by atoms with Crippen LogP contribution in [0.25, 0.3) is 0 Å². The Morgan fingerprint density at radius 2 is 2.08 bits per heavy atom. The van der Waals surface area contributed by atoms with Crippen LogP contribution in [0, 0.1) is 5.82 Å². The second kappa shape index (κ2) is 8.44. The van der Waals surface area contributed by atoms with Crippen LogP contribution in [0.5, 0.6) is 5.88 Å². The van der Waals surface area contributed by atoms with Gasteiger partial charge in [-0.3, -0.25) is 9.89 Å². The van der Waals surface area contributed by atoms with Gasteiger partial charge in [0.15, 0.2) is 0 Å². The predicted molar refractivity (Wildman–Crippen MR) is 89.5 cm³/mol. The van der Waals surface area contributed by atoms with Gasteiger partial charge in [-0.2, -0.15) is 0 Å². The summed E-state index contributed by atoms with van der Waals surface area (Å²) in [5.74, 6) is -0.192. The van der Waals surface area contributed by atoms with Crippen LogP contribution in [0.15, 0.2) is 30.3 Å². The molecule has 0 aliphatic rings. The van der Waals surface area contributed by atoms with Gasteiger partial charge >= 0.3 is 0 Å². The van der Waals surface area contributed by atoms with Crippen molar-refractivity contribution >= 4 is 5.91 Å². The minimum absolute atomic E-state index is 0.223. The van der Waals surface area contributed by atoms with E-state index in [2.05, 4.69) is 15.5 Å². The quantitative estimate of drug-likeness (QED) is 0.777. The predicted octanol–water partition coefficient (Wildman–Crippen LogP) is 2.37. The molecular weight excluding hydrogens is 311 g/mol. The number of hydrogen-bond donors (Lipinski definition) is 2. The van der Waals surface area contributed by atoms with Crippen molar-refractivity contribution in [2.45, 2.75) is 19.4 Å². The molecule has 0 radical (unpaired) electrons. The number of carbonyl (C=O) groups is 1. The van der Waals surface area contributed by atoms with Gasteiger partial charge < -0.3 is 15.0 Å². The molecule has 130 valence electrons. The molecule has 7 heteroatoms. The highest BCUT2D eigenvalue weighted by atomic mass is 19.1. The van der Waals surface area contributed by atoms with Crippen LogP contribution >= 0.6 is 0 Å². The second-order valence-corrected chi connectivity index (χ2v) is 5.72. The highest BCUT2D eigenvalue weighted by molar-refractivity contribution is 5.92. The highest BCUT2D eigenvalue weighted by Gasteiger charge is 2.18. The molecule has 0 saturated heterocycles. The first-order valence-corrected chi connectivity index (χ1v) is 7.89. The number of hydrogen-bond acceptors (Lipinski definition) is 4. The third kappa shape index (κ3) is 5.06. The lowest BCUT2D eigenvalue weighted by Crippen LogP contribution is -2.31. The minimum atomic E-state index is -0.300. The number of carbonyl (C=O) groups excluding carboxylic acids is 1. The number of H-pyrrole nitrogens is 1. The fourth-order valence-electron chi connectivity index (χ4n) is 2.28. The number of ether oxygens (including phenoxy) is 1. The second-order valence-electron chi connectivity index (χ2n) is 5.72. The number of nitrogens with one attached hydrogen (secondary N) is 2. The maximum atomic E-state index is 13.1. The smallest absolute Gasteiger partial charge is 0.269 e. The molecule has 0 aliphatic carbocycles. The Bertz CT molecular complexity index is 655. The molecule has 1 atom stereocenters. The first-order valence-electron chi connectivity index (χ1n) is 7.89. The molecule has 24 heavy (non-hydrogen) atoms. The Kier molecular flexibility index (Phi) is 6.31. The van der Waals surface area contributed by atoms with E-state index >= 15 is 0 Å².